The fraction of sp³-hybridized carbons (Fsp3) is 0.533. The summed E-state index contributed by atoms with van der Waals surface area (Å²) >= 11 is 0. The summed E-state index contributed by atoms with van der Waals surface area (Å²) in [5, 5.41) is 19.5. The Labute approximate surface area is 245 Å². The Kier molecular flexibility index (Phi) is 11.7. The highest BCUT2D eigenvalue weighted by Gasteiger charge is 2.39. The lowest BCUT2D eigenvalue weighted by atomic mass is 9.68. The second kappa shape index (κ2) is 13.8. The number of halogens is 2. The number of nitrogens with one attached hydrogen (secondary N) is 3. The Hall–Kier alpha value is -2.32. The fourth-order valence-electron chi connectivity index (χ4n) is 5.74. The van der Waals surface area contributed by atoms with Crippen LogP contribution >= 0.6 is 24.8 Å². The van der Waals surface area contributed by atoms with E-state index in [1.165, 1.54) is 12.5 Å². The number of piperidine rings is 1. The van der Waals surface area contributed by atoms with Gasteiger partial charge in [-0.3, -0.25) is 9.59 Å². The van der Waals surface area contributed by atoms with Crippen molar-refractivity contribution in [2.75, 3.05) is 25.0 Å². The maximum atomic E-state index is 13.3. The molecule has 1 fully saturated rings. The van der Waals surface area contributed by atoms with Crippen molar-refractivity contribution >= 4 is 42.3 Å². The molecule has 0 aromatic heterocycles. The number of benzene rings is 2. The van der Waals surface area contributed by atoms with Gasteiger partial charge in [0.25, 0.3) is 0 Å². The van der Waals surface area contributed by atoms with Gasteiger partial charge in [0.2, 0.25) is 11.8 Å². The first kappa shape index (κ1) is 32.9. The number of hydrogen-bond acceptors (Lipinski definition) is 5. The average molecular weight is 580 g/mol. The molecular weight excluding hydrogens is 535 g/mol. The minimum absolute atomic E-state index is 0. The second-order valence-electron chi connectivity index (χ2n) is 11.5. The zero-order valence-electron chi connectivity index (χ0n) is 23.6. The van der Waals surface area contributed by atoms with E-state index in [0.717, 1.165) is 42.9 Å². The van der Waals surface area contributed by atoms with Crippen LogP contribution in [0, 0.1) is 11.8 Å². The van der Waals surface area contributed by atoms with Crippen LogP contribution in [0.4, 0.5) is 5.69 Å². The van der Waals surface area contributed by atoms with Crippen molar-refractivity contribution in [2.24, 2.45) is 11.8 Å². The normalized spacial score (nSPS) is 23.5. The Morgan fingerprint density at radius 2 is 1.90 bits per heavy atom. The lowest BCUT2D eigenvalue weighted by Gasteiger charge is -2.46. The van der Waals surface area contributed by atoms with E-state index in [1.807, 2.05) is 30.3 Å². The highest BCUT2D eigenvalue weighted by atomic mass is 35.5. The number of nitrogens with zero attached hydrogens (tertiary/aromatic N) is 1. The molecule has 4 rings (SSSR count). The molecule has 2 amide bonds. The van der Waals surface area contributed by atoms with Gasteiger partial charge in [-0.05, 0) is 77.6 Å². The van der Waals surface area contributed by atoms with Gasteiger partial charge >= 0.3 is 0 Å². The van der Waals surface area contributed by atoms with Gasteiger partial charge in [0.1, 0.15) is 5.75 Å². The highest BCUT2D eigenvalue weighted by Crippen LogP contribution is 2.40. The minimum Gasteiger partial charge on any atom is -0.508 e. The number of hydrogen-bond donors (Lipinski definition) is 4. The van der Waals surface area contributed by atoms with E-state index in [2.05, 4.69) is 54.6 Å². The van der Waals surface area contributed by atoms with Crippen LogP contribution in [0.3, 0.4) is 0 Å². The molecule has 0 unspecified atom stereocenters. The number of carbonyl (C=O) groups is 2. The summed E-state index contributed by atoms with van der Waals surface area (Å²) in [5.41, 5.74) is 4.26. The van der Waals surface area contributed by atoms with Crippen LogP contribution < -0.4 is 16.0 Å². The predicted molar refractivity (Wildman–Crippen MR) is 162 cm³/mol. The van der Waals surface area contributed by atoms with Crippen LogP contribution in [-0.4, -0.2) is 53.5 Å². The fourth-order valence-corrected chi connectivity index (χ4v) is 5.74. The lowest BCUT2D eigenvalue weighted by molar-refractivity contribution is -0.124. The van der Waals surface area contributed by atoms with Gasteiger partial charge in [-0.2, -0.15) is 0 Å². The van der Waals surface area contributed by atoms with Crippen molar-refractivity contribution in [3.8, 4) is 5.75 Å². The van der Waals surface area contributed by atoms with Crippen molar-refractivity contribution in [2.45, 2.75) is 71.5 Å². The molecule has 2 aliphatic rings. The van der Waals surface area contributed by atoms with E-state index < -0.39 is 0 Å². The molecule has 7 nitrogen and oxygen atoms in total. The van der Waals surface area contributed by atoms with E-state index >= 15 is 0 Å². The van der Waals surface area contributed by atoms with Gasteiger partial charge < -0.3 is 26.0 Å². The molecule has 4 N–H and O–H groups in total. The first-order chi connectivity index (χ1) is 17.5. The van der Waals surface area contributed by atoms with Crippen molar-refractivity contribution in [3.63, 3.8) is 0 Å². The van der Waals surface area contributed by atoms with Gasteiger partial charge in [-0.15, -0.1) is 24.8 Å². The van der Waals surface area contributed by atoms with Crippen molar-refractivity contribution < 1.29 is 14.7 Å². The largest absolute Gasteiger partial charge is 0.508 e. The van der Waals surface area contributed by atoms with Crippen molar-refractivity contribution in [3.05, 3.63) is 59.2 Å². The molecule has 4 atom stereocenters. The van der Waals surface area contributed by atoms with Crippen LogP contribution in [0.2, 0.25) is 0 Å². The number of carbonyl (C=O) groups excluding carboxylic acids is 2. The summed E-state index contributed by atoms with van der Waals surface area (Å²) in [4.78, 5) is 27.1. The molecular formula is C30H44Cl2N4O3. The molecule has 9 heteroatoms. The van der Waals surface area contributed by atoms with Gasteiger partial charge in [-0.1, -0.05) is 45.9 Å². The molecule has 1 saturated heterocycles. The zero-order chi connectivity index (χ0) is 26.7. The first-order valence-electron chi connectivity index (χ1n) is 13.5. The van der Waals surface area contributed by atoms with E-state index in [-0.39, 0.29) is 54.1 Å². The van der Waals surface area contributed by atoms with Crippen LogP contribution in [0.5, 0.6) is 5.75 Å². The molecule has 2 heterocycles. The topological polar surface area (TPSA) is 93.7 Å². The molecule has 0 saturated carbocycles. The first-order valence-corrected chi connectivity index (χ1v) is 13.5. The van der Waals surface area contributed by atoms with Crippen molar-refractivity contribution in [1.29, 1.82) is 0 Å². The maximum Gasteiger partial charge on any atom is 0.237 e. The quantitative estimate of drug-likeness (QED) is 0.383. The van der Waals surface area contributed by atoms with Crippen LogP contribution in [0.25, 0.3) is 0 Å². The second-order valence-corrected chi connectivity index (χ2v) is 11.5. The SMILES string of the molecule is CC(=O)Nc1ccc2c(c1)CN[C@@H](C(=O)N[C@H](CN1CC[C@@](C)(c3cccc(O)c3)[C@@H](C)C1)C(C)C)C2.Cl.Cl. The summed E-state index contributed by atoms with van der Waals surface area (Å²) in [6, 6.07) is 13.4. The van der Waals surface area contributed by atoms with Crippen LogP contribution in [0.15, 0.2) is 42.5 Å². The third-order valence-electron chi connectivity index (χ3n) is 8.47. The highest BCUT2D eigenvalue weighted by molar-refractivity contribution is 5.89. The monoisotopic (exact) mass is 578 g/mol. The average Bonchev–Trinajstić information content (AvgIpc) is 2.85. The molecule has 0 aliphatic carbocycles. The number of fused-ring (bicyclic) bond motifs is 1. The Bertz CT molecular complexity index is 1140. The number of phenolic OH excluding ortho intramolecular Hbond substituents is 1. The molecule has 0 spiro atoms. The summed E-state index contributed by atoms with van der Waals surface area (Å²) in [6.07, 6.45) is 1.65. The van der Waals surface area contributed by atoms with Gasteiger partial charge in [0.05, 0.1) is 6.04 Å². The van der Waals surface area contributed by atoms with E-state index in [1.54, 1.807) is 6.07 Å². The number of amides is 2. The molecule has 0 radical (unpaired) electrons. The molecule has 2 aromatic rings. The van der Waals surface area contributed by atoms with Crippen molar-refractivity contribution in [1.82, 2.24) is 15.5 Å². The van der Waals surface area contributed by atoms with Crippen LogP contribution in [-0.2, 0) is 28.0 Å². The summed E-state index contributed by atoms with van der Waals surface area (Å²) in [7, 11) is 0. The third-order valence-corrected chi connectivity index (χ3v) is 8.47. The third kappa shape index (κ3) is 7.88. The maximum absolute atomic E-state index is 13.3. The van der Waals surface area contributed by atoms with Gasteiger partial charge in [-0.25, -0.2) is 0 Å². The summed E-state index contributed by atoms with van der Waals surface area (Å²) < 4.78 is 0. The number of anilines is 1. The Morgan fingerprint density at radius 1 is 1.15 bits per heavy atom. The minimum atomic E-state index is -0.269. The number of likely N-dealkylation sites (tertiary alicyclic amines) is 1. The van der Waals surface area contributed by atoms with E-state index in [4.69, 9.17) is 0 Å². The molecule has 2 aromatic carbocycles. The molecule has 39 heavy (non-hydrogen) atoms. The van der Waals surface area contributed by atoms with Gasteiger partial charge in [0, 0.05) is 38.3 Å². The lowest BCUT2D eigenvalue weighted by Crippen LogP contribution is -2.56. The molecule has 0 bridgehead atoms. The molecule has 2 aliphatic heterocycles. The smallest absolute Gasteiger partial charge is 0.237 e. The van der Waals surface area contributed by atoms with Crippen LogP contribution in [0.1, 0.15) is 57.7 Å². The predicted octanol–water partition coefficient (Wildman–Crippen LogP) is 4.65. The standard InChI is InChI=1S/C30H42N4O3.2ClH/c1-19(2)28(18-34-12-11-30(5,20(3)17-34)24-7-6-8-26(36)15-24)33-29(37)27-14-22-9-10-25(32-21(4)35)13-23(22)16-31-27;;/h6-10,13,15,19-20,27-28,31,36H,11-12,14,16-18H2,1-5H3,(H,32,35)(H,33,37);2*1H/t20-,27+,28+,30+;;/m0../s1. The number of rotatable bonds is 7. The number of phenols is 1. The zero-order valence-corrected chi connectivity index (χ0v) is 25.3. The van der Waals surface area contributed by atoms with E-state index in [0.29, 0.717) is 30.6 Å². The Balaban J connectivity index is 0.00000267. The van der Waals surface area contributed by atoms with Gasteiger partial charge in [0.15, 0.2) is 0 Å². The summed E-state index contributed by atoms with van der Waals surface area (Å²) in [5.74, 6) is 1.01. The molecule has 216 valence electrons. The number of aromatic hydroxyl groups is 1. The Morgan fingerprint density at radius 3 is 2.54 bits per heavy atom. The summed E-state index contributed by atoms with van der Waals surface area (Å²) in [6.45, 7) is 13.8. The van der Waals surface area contributed by atoms with E-state index in [9.17, 15) is 14.7 Å².